The standard InChI is InChI=1S/C13H22N4S/c1-9-7-11(13(14)15)8-12(16-9)17(3)10(2)5-6-18-4/h7-8,10H,5-6H2,1-4H3,(H3,14,15). The quantitative estimate of drug-likeness (QED) is 0.612. The topological polar surface area (TPSA) is 66.0 Å². The van der Waals surface area contributed by atoms with Gasteiger partial charge in [-0.15, -0.1) is 0 Å². The van der Waals surface area contributed by atoms with Crippen LogP contribution in [0.1, 0.15) is 24.6 Å². The van der Waals surface area contributed by atoms with Crippen molar-refractivity contribution in [1.82, 2.24) is 4.98 Å². The monoisotopic (exact) mass is 266 g/mol. The van der Waals surface area contributed by atoms with E-state index in [-0.39, 0.29) is 5.84 Å². The fourth-order valence-electron chi connectivity index (χ4n) is 1.70. The van der Waals surface area contributed by atoms with Gasteiger partial charge in [0.25, 0.3) is 0 Å². The minimum absolute atomic E-state index is 0.0897. The molecule has 0 spiro atoms. The van der Waals surface area contributed by atoms with E-state index in [0.717, 1.165) is 29.2 Å². The molecule has 0 fully saturated rings. The van der Waals surface area contributed by atoms with E-state index in [9.17, 15) is 0 Å². The lowest BCUT2D eigenvalue weighted by molar-refractivity contribution is 0.661. The molecule has 0 amide bonds. The molecule has 3 N–H and O–H groups in total. The number of aromatic nitrogens is 1. The summed E-state index contributed by atoms with van der Waals surface area (Å²) in [5.41, 5.74) is 7.17. The van der Waals surface area contributed by atoms with Crippen LogP contribution in [0, 0.1) is 12.3 Å². The first-order valence-corrected chi connectivity index (χ1v) is 7.40. The maximum atomic E-state index is 7.52. The number of nitrogens with zero attached hydrogens (tertiary/aromatic N) is 2. The molecule has 1 atom stereocenters. The number of thioether (sulfide) groups is 1. The zero-order valence-electron chi connectivity index (χ0n) is 11.5. The van der Waals surface area contributed by atoms with Gasteiger partial charge in [0.2, 0.25) is 0 Å². The molecule has 0 saturated carbocycles. The Hall–Kier alpha value is -1.23. The fourth-order valence-corrected chi connectivity index (χ4v) is 2.27. The number of rotatable bonds is 6. The second-order valence-electron chi connectivity index (χ2n) is 4.51. The summed E-state index contributed by atoms with van der Waals surface area (Å²) in [6, 6.07) is 4.14. The van der Waals surface area contributed by atoms with Crippen molar-refractivity contribution in [1.29, 1.82) is 5.41 Å². The van der Waals surface area contributed by atoms with Crippen molar-refractivity contribution in [3.05, 3.63) is 23.4 Å². The van der Waals surface area contributed by atoms with Crippen LogP contribution >= 0.6 is 11.8 Å². The van der Waals surface area contributed by atoms with Gasteiger partial charge in [-0.2, -0.15) is 11.8 Å². The molecule has 5 heteroatoms. The van der Waals surface area contributed by atoms with Crippen LogP contribution in [0.3, 0.4) is 0 Å². The molecule has 18 heavy (non-hydrogen) atoms. The fraction of sp³-hybridized carbons (Fsp3) is 0.538. The Morgan fingerprint density at radius 3 is 2.78 bits per heavy atom. The smallest absolute Gasteiger partial charge is 0.129 e. The Labute approximate surface area is 113 Å². The van der Waals surface area contributed by atoms with Crippen LogP contribution in [-0.2, 0) is 0 Å². The highest BCUT2D eigenvalue weighted by molar-refractivity contribution is 7.98. The van der Waals surface area contributed by atoms with Crippen LogP contribution in [0.4, 0.5) is 5.82 Å². The van der Waals surface area contributed by atoms with Crippen molar-refractivity contribution in [3.63, 3.8) is 0 Å². The van der Waals surface area contributed by atoms with E-state index in [1.807, 2.05) is 37.9 Å². The molecule has 0 aliphatic carbocycles. The summed E-state index contributed by atoms with van der Waals surface area (Å²) in [7, 11) is 2.04. The molecule has 0 bridgehead atoms. The number of pyridine rings is 1. The van der Waals surface area contributed by atoms with Crippen LogP contribution in [0.15, 0.2) is 12.1 Å². The number of hydrogen-bond acceptors (Lipinski definition) is 4. The minimum Gasteiger partial charge on any atom is -0.384 e. The first kappa shape index (κ1) is 14.8. The average molecular weight is 266 g/mol. The molecule has 100 valence electrons. The van der Waals surface area contributed by atoms with Crippen molar-refractivity contribution in [2.45, 2.75) is 26.3 Å². The van der Waals surface area contributed by atoms with Gasteiger partial charge in [-0.1, -0.05) is 0 Å². The number of hydrogen-bond donors (Lipinski definition) is 2. The zero-order valence-corrected chi connectivity index (χ0v) is 12.3. The van der Waals surface area contributed by atoms with Gasteiger partial charge in [0.15, 0.2) is 0 Å². The number of amidine groups is 1. The highest BCUT2D eigenvalue weighted by Gasteiger charge is 2.12. The second kappa shape index (κ2) is 6.64. The lowest BCUT2D eigenvalue weighted by atomic mass is 10.2. The molecular formula is C13H22N4S. The first-order chi connectivity index (χ1) is 8.45. The maximum Gasteiger partial charge on any atom is 0.129 e. The van der Waals surface area contributed by atoms with E-state index in [4.69, 9.17) is 11.1 Å². The third-order valence-corrected chi connectivity index (χ3v) is 3.66. The normalized spacial score (nSPS) is 12.2. The Bertz CT molecular complexity index is 419. The summed E-state index contributed by atoms with van der Waals surface area (Å²) in [6.45, 7) is 4.12. The van der Waals surface area contributed by atoms with E-state index >= 15 is 0 Å². The van der Waals surface area contributed by atoms with Crippen molar-refractivity contribution < 1.29 is 0 Å². The van der Waals surface area contributed by atoms with Gasteiger partial charge in [0.05, 0.1) is 0 Å². The summed E-state index contributed by atoms with van der Waals surface area (Å²) in [5.74, 6) is 2.11. The summed E-state index contributed by atoms with van der Waals surface area (Å²) >= 11 is 1.85. The van der Waals surface area contributed by atoms with Crippen LogP contribution in [0.2, 0.25) is 0 Å². The molecular weight excluding hydrogens is 244 g/mol. The molecule has 0 saturated heterocycles. The predicted octanol–water partition coefficient (Wildman–Crippen LogP) is 2.25. The van der Waals surface area contributed by atoms with Crippen LogP contribution in [0.5, 0.6) is 0 Å². The SMILES string of the molecule is CSCCC(C)N(C)c1cc(C(=N)N)cc(C)n1. The Balaban J connectivity index is 2.91. The lowest BCUT2D eigenvalue weighted by Gasteiger charge is -2.26. The average Bonchev–Trinajstić information content (AvgIpc) is 2.34. The number of nitrogens with two attached hydrogens (primary N) is 1. The van der Waals surface area contributed by atoms with Gasteiger partial charge in [-0.05, 0) is 44.4 Å². The third-order valence-electron chi connectivity index (χ3n) is 3.01. The van der Waals surface area contributed by atoms with E-state index in [2.05, 4.69) is 23.1 Å². The van der Waals surface area contributed by atoms with Gasteiger partial charge in [-0.3, -0.25) is 5.41 Å². The number of nitrogen functional groups attached to an aromatic ring is 1. The molecule has 1 unspecified atom stereocenters. The van der Waals surface area contributed by atoms with Gasteiger partial charge < -0.3 is 10.6 Å². The number of aryl methyl sites for hydroxylation is 1. The van der Waals surface area contributed by atoms with E-state index in [1.54, 1.807) is 0 Å². The molecule has 1 rings (SSSR count). The molecule has 0 aromatic carbocycles. The third kappa shape index (κ3) is 3.91. The number of anilines is 1. The lowest BCUT2D eigenvalue weighted by Crippen LogP contribution is -2.30. The molecule has 0 aliphatic heterocycles. The van der Waals surface area contributed by atoms with Gasteiger partial charge in [-0.25, -0.2) is 4.98 Å². The van der Waals surface area contributed by atoms with Crippen LogP contribution < -0.4 is 10.6 Å². The molecule has 0 radical (unpaired) electrons. The van der Waals surface area contributed by atoms with Crippen molar-refractivity contribution in [2.24, 2.45) is 5.73 Å². The van der Waals surface area contributed by atoms with Gasteiger partial charge in [0, 0.05) is 24.3 Å². The Morgan fingerprint density at radius 2 is 2.22 bits per heavy atom. The Kier molecular flexibility index (Phi) is 5.47. The van der Waals surface area contributed by atoms with Crippen molar-refractivity contribution in [3.8, 4) is 0 Å². The summed E-state index contributed by atoms with van der Waals surface area (Å²) < 4.78 is 0. The predicted molar refractivity (Wildman–Crippen MR) is 80.9 cm³/mol. The zero-order chi connectivity index (χ0) is 13.7. The van der Waals surface area contributed by atoms with Crippen LogP contribution in [-0.4, -0.2) is 35.9 Å². The summed E-state index contributed by atoms with van der Waals surface area (Å²) in [5, 5.41) is 7.52. The second-order valence-corrected chi connectivity index (χ2v) is 5.50. The highest BCUT2D eigenvalue weighted by atomic mass is 32.2. The summed E-state index contributed by atoms with van der Waals surface area (Å²) in [4.78, 5) is 6.66. The van der Waals surface area contributed by atoms with Gasteiger partial charge >= 0.3 is 0 Å². The molecule has 1 aromatic rings. The highest BCUT2D eigenvalue weighted by Crippen LogP contribution is 2.17. The largest absolute Gasteiger partial charge is 0.384 e. The minimum atomic E-state index is 0.0897. The van der Waals surface area contributed by atoms with E-state index < -0.39 is 0 Å². The number of nitrogens with one attached hydrogen (secondary N) is 1. The molecule has 1 aromatic heterocycles. The molecule has 1 heterocycles. The maximum absolute atomic E-state index is 7.52. The van der Waals surface area contributed by atoms with Crippen LogP contribution in [0.25, 0.3) is 0 Å². The van der Waals surface area contributed by atoms with Gasteiger partial charge in [0.1, 0.15) is 11.7 Å². The van der Waals surface area contributed by atoms with E-state index in [1.165, 1.54) is 0 Å². The summed E-state index contributed by atoms with van der Waals surface area (Å²) in [6.07, 6.45) is 3.23. The Morgan fingerprint density at radius 1 is 1.56 bits per heavy atom. The van der Waals surface area contributed by atoms with Crippen molar-refractivity contribution >= 4 is 23.4 Å². The molecule has 4 nitrogen and oxygen atoms in total. The van der Waals surface area contributed by atoms with Crippen molar-refractivity contribution in [2.75, 3.05) is 24.0 Å². The first-order valence-electron chi connectivity index (χ1n) is 6.00. The van der Waals surface area contributed by atoms with E-state index in [0.29, 0.717) is 6.04 Å². The molecule has 0 aliphatic rings.